The molecular formula is C24H20Cl2N4O2S. The normalized spacial score (nSPS) is 11.1. The molecular weight excluding hydrogens is 479 g/mol. The first-order valence-corrected chi connectivity index (χ1v) is 11.7. The second-order valence-corrected chi connectivity index (χ2v) is 8.68. The van der Waals surface area contributed by atoms with Crippen molar-refractivity contribution in [1.82, 2.24) is 14.9 Å². The maximum atomic E-state index is 6.07. The molecule has 6 nitrogen and oxygen atoms in total. The van der Waals surface area contributed by atoms with Crippen LogP contribution in [0.15, 0.2) is 83.3 Å². The van der Waals surface area contributed by atoms with Crippen molar-refractivity contribution in [3.63, 3.8) is 0 Å². The van der Waals surface area contributed by atoms with Gasteiger partial charge in [0.25, 0.3) is 0 Å². The molecule has 0 bridgehead atoms. The molecule has 33 heavy (non-hydrogen) atoms. The van der Waals surface area contributed by atoms with E-state index in [0.717, 1.165) is 16.9 Å². The molecule has 1 heterocycles. The fourth-order valence-electron chi connectivity index (χ4n) is 2.92. The van der Waals surface area contributed by atoms with E-state index in [-0.39, 0.29) is 0 Å². The first-order valence-electron chi connectivity index (χ1n) is 9.98. The van der Waals surface area contributed by atoms with Crippen LogP contribution in [0.4, 0.5) is 0 Å². The van der Waals surface area contributed by atoms with Crippen LogP contribution < -0.4 is 9.47 Å². The van der Waals surface area contributed by atoms with Crippen molar-refractivity contribution in [3.8, 4) is 11.5 Å². The predicted octanol–water partition coefficient (Wildman–Crippen LogP) is 6.35. The Bertz CT molecular complexity index is 1250. The lowest BCUT2D eigenvalue weighted by Crippen LogP contribution is -1.99. The van der Waals surface area contributed by atoms with E-state index in [1.165, 1.54) is 5.56 Å². The van der Waals surface area contributed by atoms with Crippen molar-refractivity contribution in [3.05, 3.63) is 99.8 Å². The quantitative estimate of drug-likeness (QED) is 0.199. The van der Waals surface area contributed by atoms with E-state index in [1.54, 1.807) is 48.2 Å². The summed E-state index contributed by atoms with van der Waals surface area (Å²) < 4.78 is 13.1. The highest BCUT2D eigenvalue weighted by Gasteiger charge is 2.08. The molecule has 4 aromatic rings. The average Bonchev–Trinajstić information content (AvgIpc) is 3.30. The molecule has 0 spiro atoms. The largest absolute Gasteiger partial charge is 0.493 e. The minimum atomic E-state index is 0.337. The van der Waals surface area contributed by atoms with Crippen molar-refractivity contribution < 1.29 is 9.47 Å². The standard InChI is InChI=1S/C24H20Cl2N4O2S/c1-31-23-12-18(8-10-22(23)32-14-19-7-9-20(25)21(26)11-19)13-28-30-16-27-29-24(30)33-15-17-5-3-2-4-6-17/h2-13,16H,14-15H2,1H3/b28-13+. The van der Waals surface area contributed by atoms with Crippen LogP contribution in [0.25, 0.3) is 0 Å². The van der Waals surface area contributed by atoms with Crippen LogP contribution in [0, 0.1) is 0 Å². The number of nitrogens with zero attached hydrogens (tertiary/aromatic N) is 4. The van der Waals surface area contributed by atoms with E-state index >= 15 is 0 Å². The van der Waals surface area contributed by atoms with Gasteiger partial charge in [-0.15, -0.1) is 10.2 Å². The molecule has 0 N–H and O–H groups in total. The summed E-state index contributed by atoms with van der Waals surface area (Å²) in [6, 6.07) is 21.2. The third-order valence-corrected chi connectivity index (χ3v) is 6.35. The van der Waals surface area contributed by atoms with Gasteiger partial charge in [0.05, 0.1) is 23.4 Å². The molecule has 0 atom stereocenters. The first kappa shape index (κ1) is 23.2. The van der Waals surface area contributed by atoms with Gasteiger partial charge in [0.1, 0.15) is 12.9 Å². The summed E-state index contributed by atoms with van der Waals surface area (Å²) in [5.41, 5.74) is 2.97. The van der Waals surface area contributed by atoms with Crippen LogP contribution in [-0.2, 0) is 12.4 Å². The van der Waals surface area contributed by atoms with Crippen molar-refractivity contribution in [2.45, 2.75) is 17.5 Å². The fraction of sp³-hybridized carbons (Fsp3) is 0.125. The van der Waals surface area contributed by atoms with Gasteiger partial charge in [0.2, 0.25) is 5.16 Å². The number of aromatic nitrogens is 3. The Morgan fingerprint density at radius 1 is 0.970 bits per heavy atom. The van der Waals surface area contributed by atoms with E-state index in [9.17, 15) is 0 Å². The van der Waals surface area contributed by atoms with Crippen LogP contribution >= 0.6 is 35.0 Å². The van der Waals surface area contributed by atoms with Gasteiger partial charge in [0, 0.05) is 5.75 Å². The Balaban J connectivity index is 1.41. The molecule has 168 valence electrons. The molecule has 0 amide bonds. The third kappa shape index (κ3) is 6.28. The Morgan fingerprint density at radius 3 is 2.61 bits per heavy atom. The highest BCUT2D eigenvalue weighted by Crippen LogP contribution is 2.29. The molecule has 0 fully saturated rings. The van der Waals surface area contributed by atoms with E-state index in [1.807, 2.05) is 42.5 Å². The number of thioether (sulfide) groups is 1. The Morgan fingerprint density at radius 2 is 1.82 bits per heavy atom. The maximum Gasteiger partial charge on any atom is 0.212 e. The molecule has 1 aromatic heterocycles. The van der Waals surface area contributed by atoms with Gasteiger partial charge in [-0.25, -0.2) is 0 Å². The zero-order valence-electron chi connectivity index (χ0n) is 17.7. The molecule has 0 radical (unpaired) electrons. The van der Waals surface area contributed by atoms with Crippen LogP contribution in [-0.4, -0.2) is 28.2 Å². The third-order valence-electron chi connectivity index (χ3n) is 4.61. The molecule has 0 aliphatic heterocycles. The lowest BCUT2D eigenvalue weighted by Gasteiger charge is -2.11. The minimum Gasteiger partial charge on any atom is -0.493 e. The molecule has 0 aliphatic rings. The summed E-state index contributed by atoms with van der Waals surface area (Å²) >= 11 is 13.6. The van der Waals surface area contributed by atoms with Gasteiger partial charge in [-0.1, -0.05) is 71.4 Å². The Hall–Kier alpha value is -3.00. The molecule has 3 aromatic carbocycles. The monoisotopic (exact) mass is 498 g/mol. The van der Waals surface area contributed by atoms with Gasteiger partial charge in [-0.3, -0.25) is 0 Å². The first-order chi connectivity index (χ1) is 16.1. The SMILES string of the molecule is COc1cc(/C=N/n2cnnc2SCc2ccccc2)ccc1OCc1ccc(Cl)c(Cl)c1. The number of rotatable bonds is 9. The van der Waals surface area contributed by atoms with Gasteiger partial charge < -0.3 is 9.47 Å². The van der Waals surface area contributed by atoms with Crippen LogP contribution in [0.2, 0.25) is 10.0 Å². The molecule has 0 saturated carbocycles. The zero-order chi connectivity index (χ0) is 23.0. The van der Waals surface area contributed by atoms with Crippen LogP contribution in [0.3, 0.4) is 0 Å². The van der Waals surface area contributed by atoms with Crippen molar-refractivity contribution in [2.75, 3.05) is 7.11 Å². The maximum absolute atomic E-state index is 6.07. The molecule has 0 unspecified atom stereocenters. The Kier molecular flexibility index (Phi) is 7.88. The lowest BCUT2D eigenvalue weighted by atomic mass is 10.2. The summed E-state index contributed by atoms with van der Waals surface area (Å²) in [5, 5.41) is 14.3. The number of methoxy groups -OCH3 is 1. The number of benzene rings is 3. The number of hydrogen-bond acceptors (Lipinski definition) is 6. The molecule has 0 saturated heterocycles. The van der Waals surface area contributed by atoms with E-state index in [4.69, 9.17) is 32.7 Å². The molecule has 9 heteroatoms. The zero-order valence-corrected chi connectivity index (χ0v) is 20.0. The van der Waals surface area contributed by atoms with E-state index in [0.29, 0.717) is 33.3 Å². The second kappa shape index (κ2) is 11.2. The fourth-order valence-corrected chi connectivity index (χ4v) is 4.06. The number of halogens is 2. The minimum absolute atomic E-state index is 0.337. The second-order valence-electron chi connectivity index (χ2n) is 6.92. The molecule has 0 aliphatic carbocycles. The van der Waals surface area contributed by atoms with E-state index in [2.05, 4.69) is 27.4 Å². The van der Waals surface area contributed by atoms with Gasteiger partial charge >= 0.3 is 0 Å². The van der Waals surface area contributed by atoms with E-state index < -0.39 is 0 Å². The van der Waals surface area contributed by atoms with Gasteiger partial charge in [0.15, 0.2) is 11.5 Å². The van der Waals surface area contributed by atoms with Crippen molar-refractivity contribution in [2.24, 2.45) is 5.10 Å². The summed E-state index contributed by atoms with van der Waals surface area (Å²) in [5.74, 6) is 2.00. The predicted molar refractivity (Wildman–Crippen MR) is 133 cm³/mol. The van der Waals surface area contributed by atoms with Gasteiger partial charge in [-0.2, -0.15) is 9.78 Å². The lowest BCUT2D eigenvalue weighted by molar-refractivity contribution is 0.284. The molecule has 4 rings (SSSR count). The smallest absolute Gasteiger partial charge is 0.212 e. The highest BCUT2D eigenvalue weighted by atomic mass is 35.5. The van der Waals surface area contributed by atoms with Crippen molar-refractivity contribution in [1.29, 1.82) is 0 Å². The van der Waals surface area contributed by atoms with Crippen LogP contribution in [0.1, 0.15) is 16.7 Å². The Labute approximate surface area is 206 Å². The summed E-state index contributed by atoms with van der Waals surface area (Å²) in [7, 11) is 1.60. The summed E-state index contributed by atoms with van der Waals surface area (Å²) in [4.78, 5) is 0. The summed E-state index contributed by atoms with van der Waals surface area (Å²) in [6.07, 6.45) is 3.30. The van der Waals surface area contributed by atoms with Crippen LogP contribution in [0.5, 0.6) is 11.5 Å². The topological polar surface area (TPSA) is 61.5 Å². The average molecular weight is 499 g/mol. The summed E-state index contributed by atoms with van der Waals surface area (Å²) in [6.45, 7) is 0.337. The number of hydrogen-bond donors (Lipinski definition) is 0. The highest BCUT2D eigenvalue weighted by molar-refractivity contribution is 7.98. The van der Waals surface area contributed by atoms with Gasteiger partial charge in [-0.05, 0) is 47.0 Å². The number of ether oxygens (including phenoxy) is 2. The van der Waals surface area contributed by atoms with Crippen molar-refractivity contribution >= 4 is 41.2 Å².